The van der Waals surface area contributed by atoms with Gasteiger partial charge in [0.05, 0.1) is 24.2 Å². The number of aromatic nitrogens is 1. The Hall–Kier alpha value is -1.65. The van der Waals surface area contributed by atoms with E-state index in [1.165, 1.54) is 0 Å². The molecule has 0 atom stereocenters. The smallest absolute Gasteiger partial charge is 0.117 e. The Kier molecular flexibility index (Phi) is 5.96. The summed E-state index contributed by atoms with van der Waals surface area (Å²) in [4.78, 5) is 7.05. The number of nitrogens with zero attached hydrogens (tertiary/aromatic N) is 2. The van der Waals surface area contributed by atoms with Gasteiger partial charge in [-0.25, -0.2) is 0 Å². The van der Waals surface area contributed by atoms with Crippen LogP contribution in [-0.4, -0.2) is 22.5 Å². The lowest BCUT2D eigenvalue weighted by Crippen LogP contribution is -2.24. The maximum Gasteiger partial charge on any atom is 0.117 e. The fourth-order valence-corrected chi connectivity index (χ4v) is 2.16. The van der Waals surface area contributed by atoms with Crippen molar-refractivity contribution in [3.05, 3.63) is 53.7 Å². The van der Waals surface area contributed by atoms with Gasteiger partial charge in [0.2, 0.25) is 0 Å². The summed E-state index contributed by atoms with van der Waals surface area (Å²) in [5.74, 6) is 0.995. The molecule has 114 valence electrons. The van der Waals surface area contributed by atoms with Gasteiger partial charge in [-0.2, -0.15) is 0 Å². The summed E-state index contributed by atoms with van der Waals surface area (Å²) in [5, 5.41) is 3.40. The van der Waals surface area contributed by atoms with Crippen molar-refractivity contribution in [3.8, 4) is 0 Å². The molecule has 0 spiro atoms. The number of hydrogen-bond donors (Lipinski definition) is 1. The molecule has 1 N–H and O–H groups in total. The fraction of sp³-hybridized carbons (Fsp3) is 0.471. The largest absolute Gasteiger partial charge is 0.468 e. The number of furan rings is 1. The maximum atomic E-state index is 5.42. The first-order chi connectivity index (χ1) is 10.2. The van der Waals surface area contributed by atoms with E-state index in [1.54, 1.807) is 6.26 Å². The van der Waals surface area contributed by atoms with Crippen LogP contribution < -0.4 is 5.32 Å². The van der Waals surface area contributed by atoms with Gasteiger partial charge < -0.3 is 9.73 Å². The van der Waals surface area contributed by atoms with E-state index in [0.29, 0.717) is 6.04 Å². The SMILES string of the molecule is CCN(Cc1cccc(CNC(C)C)n1)Cc1ccco1. The van der Waals surface area contributed by atoms with Crippen molar-refractivity contribution < 1.29 is 4.42 Å². The monoisotopic (exact) mass is 287 g/mol. The molecule has 2 aromatic rings. The summed E-state index contributed by atoms with van der Waals surface area (Å²) in [6, 6.07) is 10.7. The van der Waals surface area contributed by atoms with Crippen LogP contribution in [0.25, 0.3) is 0 Å². The van der Waals surface area contributed by atoms with Gasteiger partial charge in [0, 0.05) is 19.1 Å². The van der Waals surface area contributed by atoms with Gasteiger partial charge in [-0.15, -0.1) is 0 Å². The summed E-state index contributed by atoms with van der Waals surface area (Å²) in [7, 11) is 0. The molecule has 0 aliphatic heterocycles. The highest BCUT2D eigenvalue weighted by Gasteiger charge is 2.08. The first-order valence-corrected chi connectivity index (χ1v) is 7.60. The van der Waals surface area contributed by atoms with Crippen LogP contribution in [0.1, 0.15) is 37.9 Å². The predicted octanol–water partition coefficient (Wildman–Crippen LogP) is 3.19. The summed E-state index contributed by atoms with van der Waals surface area (Å²) >= 11 is 0. The third-order valence-electron chi connectivity index (χ3n) is 3.35. The lowest BCUT2D eigenvalue weighted by molar-refractivity contribution is 0.245. The van der Waals surface area contributed by atoms with E-state index >= 15 is 0 Å². The lowest BCUT2D eigenvalue weighted by Gasteiger charge is -2.19. The molecular weight excluding hydrogens is 262 g/mol. The van der Waals surface area contributed by atoms with Crippen LogP contribution in [-0.2, 0) is 19.6 Å². The average molecular weight is 287 g/mol. The van der Waals surface area contributed by atoms with Gasteiger partial charge >= 0.3 is 0 Å². The third kappa shape index (κ3) is 5.33. The van der Waals surface area contributed by atoms with Crippen LogP contribution in [0.4, 0.5) is 0 Å². The molecule has 0 aliphatic rings. The second kappa shape index (κ2) is 7.96. The van der Waals surface area contributed by atoms with E-state index in [2.05, 4.69) is 49.2 Å². The molecule has 0 bridgehead atoms. The average Bonchev–Trinajstić information content (AvgIpc) is 2.98. The van der Waals surface area contributed by atoms with E-state index in [4.69, 9.17) is 9.40 Å². The van der Waals surface area contributed by atoms with Crippen molar-refractivity contribution in [1.82, 2.24) is 15.2 Å². The Bertz CT molecular complexity index is 523. The molecule has 21 heavy (non-hydrogen) atoms. The third-order valence-corrected chi connectivity index (χ3v) is 3.35. The van der Waals surface area contributed by atoms with Gasteiger partial charge in [-0.1, -0.05) is 26.8 Å². The molecular formula is C17H25N3O. The van der Waals surface area contributed by atoms with E-state index in [0.717, 1.165) is 43.3 Å². The normalized spacial score (nSPS) is 11.5. The van der Waals surface area contributed by atoms with Gasteiger partial charge in [-0.3, -0.25) is 9.88 Å². The first-order valence-electron chi connectivity index (χ1n) is 7.60. The van der Waals surface area contributed by atoms with Crippen molar-refractivity contribution in [2.24, 2.45) is 0 Å². The summed E-state index contributed by atoms with van der Waals surface area (Å²) in [6.07, 6.45) is 1.72. The molecule has 0 saturated heterocycles. The number of nitrogens with one attached hydrogen (secondary N) is 1. The Labute approximate surface area is 127 Å². The zero-order valence-electron chi connectivity index (χ0n) is 13.2. The van der Waals surface area contributed by atoms with Crippen molar-refractivity contribution in [3.63, 3.8) is 0 Å². The molecule has 0 unspecified atom stereocenters. The molecule has 4 nitrogen and oxygen atoms in total. The minimum absolute atomic E-state index is 0.474. The Morgan fingerprint density at radius 3 is 2.62 bits per heavy atom. The topological polar surface area (TPSA) is 41.3 Å². The van der Waals surface area contributed by atoms with Crippen LogP contribution in [0, 0.1) is 0 Å². The minimum atomic E-state index is 0.474. The van der Waals surface area contributed by atoms with Crippen LogP contribution in [0.15, 0.2) is 41.0 Å². The van der Waals surface area contributed by atoms with E-state index in [1.807, 2.05) is 12.1 Å². The predicted molar refractivity (Wildman–Crippen MR) is 84.7 cm³/mol. The van der Waals surface area contributed by atoms with Gasteiger partial charge in [0.15, 0.2) is 0 Å². The molecule has 2 rings (SSSR count). The maximum absolute atomic E-state index is 5.42. The molecule has 0 fully saturated rings. The molecule has 0 saturated carbocycles. The number of hydrogen-bond acceptors (Lipinski definition) is 4. The van der Waals surface area contributed by atoms with Crippen molar-refractivity contribution in [1.29, 1.82) is 0 Å². The van der Waals surface area contributed by atoms with E-state index in [9.17, 15) is 0 Å². The highest BCUT2D eigenvalue weighted by Crippen LogP contribution is 2.09. The fourth-order valence-electron chi connectivity index (χ4n) is 2.16. The summed E-state index contributed by atoms with van der Waals surface area (Å²) < 4.78 is 5.42. The highest BCUT2D eigenvalue weighted by molar-refractivity contribution is 5.11. The van der Waals surface area contributed by atoms with Crippen LogP contribution >= 0.6 is 0 Å². The molecule has 4 heteroatoms. The summed E-state index contributed by atoms with van der Waals surface area (Å²) in [5.41, 5.74) is 2.20. The van der Waals surface area contributed by atoms with Gasteiger partial charge in [-0.05, 0) is 30.8 Å². The summed E-state index contributed by atoms with van der Waals surface area (Å²) in [6.45, 7) is 9.89. The second-order valence-corrected chi connectivity index (χ2v) is 5.54. The van der Waals surface area contributed by atoms with Crippen LogP contribution in [0.2, 0.25) is 0 Å². The molecule has 2 heterocycles. The minimum Gasteiger partial charge on any atom is -0.468 e. The highest BCUT2D eigenvalue weighted by atomic mass is 16.3. The van der Waals surface area contributed by atoms with Crippen LogP contribution in [0.5, 0.6) is 0 Å². The zero-order valence-corrected chi connectivity index (χ0v) is 13.2. The van der Waals surface area contributed by atoms with Gasteiger partial charge in [0.1, 0.15) is 5.76 Å². The molecule has 0 radical (unpaired) electrons. The quantitative estimate of drug-likeness (QED) is 0.809. The van der Waals surface area contributed by atoms with Crippen LogP contribution in [0.3, 0.4) is 0 Å². The van der Waals surface area contributed by atoms with Crippen molar-refractivity contribution >= 4 is 0 Å². The van der Waals surface area contributed by atoms with Crippen molar-refractivity contribution in [2.75, 3.05) is 6.54 Å². The van der Waals surface area contributed by atoms with Gasteiger partial charge in [0.25, 0.3) is 0 Å². The number of pyridine rings is 1. The molecule has 0 aliphatic carbocycles. The molecule has 2 aromatic heterocycles. The standard InChI is InChI=1S/C17H25N3O/c1-4-20(13-17-9-6-10-21-17)12-16-8-5-7-15(19-16)11-18-14(2)3/h5-10,14,18H,4,11-13H2,1-3H3. The second-order valence-electron chi connectivity index (χ2n) is 5.54. The Morgan fingerprint density at radius 2 is 1.95 bits per heavy atom. The lowest BCUT2D eigenvalue weighted by atomic mass is 10.2. The van der Waals surface area contributed by atoms with E-state index in [-0.39, 0.29) is 0 Å². The zero-order chi connectivity index (χ0) is 15.1. The Balaban J connectivity index is 1.95. The van der Waals surface area contributed by atoms with E-state index < -0.39 is 0 Å². The molecule has 0 aromatic carbocycles. The number of rotatable bonds is 8. The first kappa shape index (κ1) is 15.7. The van der Waals surface area contributed by atoms with Crippen molar-refractivity contribution in [2.45, 2.75) is 46.4 Å². The molecule has 0 amide bonds. The Morgan fingerprint density at radius 1 is 1.14 bits per heavy atom.